The first-order valence-corrected chi connectivity index (χ1v) is 6.36. The number of nitrogens with zero attached hydrogens (tertiary/aromatic N) is 2. The van der Waals surface area contributed by atoms with Crippen molar-refractivity contribution in [1.29, 1.82) is 0 Å². The van der Waals surface area contributed by atoms with Gasteiger partial charge in [0.15, 0.2) is 0 Å². The molecule has 0 radical (unpaired) electrons. The summed E-state index contributed by atoms with van der Waals surface area (Å²) in [6, 6.07) is 4.77. The maximum absolute atomic E-state index is 11.1. The van der Waals surface area contributed by atoms with E-state index >= 15 is 0 Å². The number of aromatic amines is 1. The van der Waals surface area contributed by atoms with Crippen LogP contribution in [0.1, 0.15) is 16.1 Å². The first-order valence-electron chi connectivity index (χ1n) is 5.48. The van der Waals surface area contributed by atoms with Crippen LogP contribution in [0.4, 0.5) is 0 Å². The van der Waals surface area contributed by atoms with Crippen LogP contribution in [0.2, 0.25) is 0 Å². The Labute approximate surface area is 111 Å². The van der Waals surface area contributed by atoms with Crippen LogP contribution in [0.25, 0.3) is 11.0 Å². The van der Waals surface area contributed by atoms with Crippen molar-refractivity contribution >= 4 is 28.3 Å². The molecule has 2 N–H and O–H groups in total. The van der Waals surface area contributed by atoms with Gasteiger partial charge >= 0.3 is 10.8 Å². The molecule has 3 aromatic rings. The molecule has 0 unspecified atom stereocenters. The Morgan fingerprint density at radius 2 is 2.32 bits per heavy atom. The Balaban J connectivity index is 2.05. The quantitative estimate of drug-likeness (QED) is 0.758. The van der Waals surface area contributed by atoms with E-state index in [0.29, 0.717) is 6.54 Å². The molecule has 3 rings (SSSR count). The van der Waals surface area contributed by atoms with Gasteiger partial charge in [-0.15, -0.1) is 0 Å². The standard InChI is InChI=1S/C12H9N3O3S/c16-11(17)7-1-2-9-10(3-7)15(6-13-9)4-8-5-19-12(18)14-8/h1-3,5-6H,4H2,(H,14,18)(H,16,17). The molecule has 7 heteroatoms. The lowest BCUT2D eigenvalue weighted by Gasteiger charge is -2.02. The van der Waals surface area contributed by atoms with Gasteiger partial charge in [-0.3, -0.25) is 4.79 Å². The predicted molar refractivity (Wildman–Crippen MR) is 70.7 cm³/mol. The van der Waals surface area contributed by atoms with Crippen molar-refractivity contribution in [3.63, 3.8) is 0 Å². The maximum Gasteiger partial charge on any atom is 0.335 e. The van der Waals surface area contributed by atoms with Gasteiger partial charge in [-0.1, -0.05) is 11.3 Å². The molecule has 6 nitrogen and oxygen atoms in total. The van der Waals surface area contributed by atoms with Gasteiger partial charge in [0.1, 0.15) is 0 Å². The molecule has 0 saturated carbocycles. The summed E-state index contributed by atoms with van der Waals surface area (Å²) in [6.07, 6.45) is 1.63. The molecule has 0 amide bonds. The van der Waals surface area contributed by atoms with Crippen LogP contribution in [0, 0.1) is 0 Å². The number of carboxylic acid groups (broad SMARTS) is 1. The summed E-state index contributed by atoms with van der Waals surface area (Å²) in [4.78, 5) is 28.9. The molecule has 2 heterocycles. The zero-order valence-electron chi connectivity index (χ0n) is 9.66. The summed E-state index contributed by atoms with van der Waals surface area (Å²) >= 11 is 1.10. The van der Waals surface area contributed by atoms with E-state index in [2.05, 4.69) is 9.97 Å². The number of thiazole rings is 1. The summed E-state index contributed by atoms with van der Waals surface area (Å²) in [6.45, 7) is 0.457. The maximum atomic E-state index is 11.1. The van der Waals surface area contributed by atoms with E-state index in [-0.39, 0.29) is 10.4 Å². The first-order chi connectivity index (χ1) is 9.13. The summed E-state index contributed by atoms with van der Waals surface area (Å²) < 4.78 is 1.81. The Hall–Kier alpha value is -2.41. The fraction of sp³-hybridized carbons (Fsp3) is 0.0833. The fourth-order valence-corrected chi connectivity index (χ4v) is 2.46. The minimum Gasteiger partial charge on any atom is -0.478 e. The number of benzene rings is 1. The first kappa shape index (κ1) is 11.7. The van der Waals surface area contributed by atoms with E-state index in [1.54, 1.807) is 28.4 Å². The van der Waals surface area contributed by atoms with Gasteiger partial charge in [0.2, 0.25) is 0 Å². The molecular weight excluding hydrogens is 266 g/mol. The molecule has 0 aliphatic carbocycles. The van der Waals surface area contributed by atoms with Gasteiger partial charge < -0.3 is 14.7 Å². The Kier molecular flexibility index (Phi) is 2.68. The van der Waals surface area contributed by atoms with Crippen molar-refractivity contribution in [2.75, 3.05) is 0 Å². The van der Waals surface area contributed by atoms with E-state index in [1.165, 1.54) is 6.07 Å². The molecule has 0 aliphatic heterocycles. The third-order valence-electron chi connectivity index (χ3n) is 2.78. The highest BCUT2D eigenvalue weighted by Gasteiger charge is 2.08. The van der Waals surface area contributed by atoms with Crippen molar-refractivity contribution in [2.24, 2.45) is 0 Å². The molecular formula is C12H9N3O3S. The highest BCUT2D eigenvalue weighted by molar-refractivity contribution is 7.07. The molecule has 0 saturated heterocycles. The second-order valence-corrected chi connectivity index (χ2v) is 4.90. The molecule has 0 spiro atoms. The highest BCUT2D eigenvalue weighted by atomic mass is 32.1. The Bertz CT molecular complexity index is 815. The number of nitrogens with one attached hydrogen (secondary N) is 1. The number of hydrogen-bond donors (Lipinski definition) is 2. The third-order valence-corrected chi connectivity index (χ3v) is 3.50. The minimum absolute atomic E-state index is 0.106. The van der Waals surface area contributed by atoms with Crippen LogP contribution >= 0.6 is 11.3 Å². The minimum atomic E-state index is -0.974. The summed E-state index contributed by atoms with van der Waals surface area (Å²) in [5.74, 6) is -0.974. The van der Waals surface area contributed by atoms with Crippen LogP contribution in [-0.2, 0) is 6.54 Å². The van der Waals surface area contributed by atoms with Gasteiger partial charge in [-0.05, 0) is 18.2 Å². The van der Waals surface area contributed by atoms with Crippen molar-refractivity contribution in [2.45, 2.75) is 6.54 Å². The van der Waals surface area contributed by atoms with Crippen molar-refractivity contribution in [3.8, 4) is 0 Å². The van der Waals surface area contributed by atoms with Gasteiger partial charge in [0.05, 0.1) is 29.5 Å². The van der Waals surface area contributed by atoms with E-state index < -0.39 is 5.97 Å². The fourth-order valence-electron chi connectivity index (χ4n) is 1.89. The number of H-pyrrole nitrogens is 1. The van der Waals surface area contributed by atoms with E-state index in [1.807, 2.05) is 0 Å². The van der Waals surface area contributed by atoms with Crippen LogP contribution in [0.3, 0.4) is 0 Å². The molecule has 0 fully saturated rings. The highest BCUT2D eigenvalue weighted by Crippen LogP contribution is 2.16. The van der Waals surface area contributed by atoms with Crippen LogP contribution < -0.4 is 4.87 Å². The lowest BCUT2D eigenvalue weighted by atomic mass is 10.2. The van der Waals surface area contributed by atoms with E-state index in [9.17, 15) is 9.59 Å². The molecule has 0 bridgehead atoms. The second kappa shape index (κ2) is 4.36. The summed E-state index contributed by atoms with van der Waals surface area (Å²) in [7, 11) is 0. The number of carboxylic acids is 1. The second-order valence-electron chi connectivity index (χ2n) is 4.05. The number of carbonyl (C=O) groups is 1. The normalized spacial score (nSPS) is 10.9. The average Bonchev–Trinajstić information content (AvgIpc) is 2.96. The van der Waals surface area contributed by atoms with E-state index in [0.717, 1.165) is 28.1 Å². The zero-order valence-corrected chi connectivity index (χ0v) is 10.5. The van der Waals surface area contributed by atoms with Gasteiger partial charge in [-0.2, -0.15) is 0 Å². The van der Waals surface area contributed by atoms with Crippen molar-refractivity contribution in [3.05, 3.63) is 50.8 Å². The smallest absolute Gasteiger partial charge is 0.335 e. The van der Waals surface area contributed by atoms with E-state index in [4.69, 9.17) is 5.11 Å². The number of fused-ring (bicyclic) bond motifs is 1. The molecule has 0 aliphatic rings. The number of rotatable bonds is 3. The average molecular weight is 275 g/mol. The molecule has 0 atom stereocenters. The van der Waals surface area contributed by atoms with Crippen molar-refractivity contribution in [1.82, 2.24) is 14.5 Å². The largest absolute Gasteiger partial charge is 0.478 e. The topological polar surface area (TPSA) is 88.0 Å². The number of aromatic nitrogens is 3. The zero-order chi connectivity index (χ0) is 13.4. The monoisotopic (exact) mass is 275 g/mol. The summed E-state index contributed by atoms with van der Waals surface area (Å²) in [5.41, 5.74) is 2.44. The molecule has 2 aromatic heterocycles. The van der Waals surface area contributed by atoms with Gasteiger partial charge in [0.25, 0.3) is 0 Å². The summed E-state index contributed by atoms with van der Waals surface area (Å²) in [5, 5.41) is 10.7. The van der Waals surface area contributed by atoms with Crippen LogP contribution in [0.5, 0.6) is 0 Å². The van der Waals surface area contributed by atoms with Gasteiger partial charge in [0, 0.05) is 11.1 Å². The Morgan fingerprint density at radius 1 is 1.47 bits per heavy atom. The van der Waals surface area contributed by atoms with Crippen molar-refractivity contribution < 1.29 is 9.90 Å². The number of aromatic carboxylic acids is 1. The Morgan fingerprint density at radius 3 is 3.00 bits per heavy atom. The van der Waals surface area contributed by atoms with Crippen LogP contribution in [0.15, 0.2) is 34.7 Å². The SMILES string of the molecule is O=C(O)c1ccc2ncn(Cc3csc(=O)[nH]3)c2c1. The third kappa shape index (κ3) is 2.15. The molecule has 1 aromatic carbocycles. The molecule has 19 heavy (non-hydrogen) atoms. The lowest BCUT2D eigenvalue weighted by molar-refractivity contribution is 0.0697. The number of hydrogen-bond acceptors (Lipinski definition) is 4. The number of imidazole rings is 1. The lowest BCUT2D eigenvalue weighted by Crippen LogP contribution is -2.02. The van der Waals surface area contributed by atoms with Gasteiger partial charge in [-0.25, -0.2) is 9.78 Å². The van der Waals surface area contributed by atoms with Crippen LogP contribution in [-0.4, -0.2) is 25.6 Å². The molecule has 96 valence electrons. The predicted octanol–water partition coefficient (Wildman–Crippen LogP) is 1.53.